The largest absolute Gasteiger partial charge is 0.493 e. The Morgan fingerprint density at radius 1 is 1.41 bits per heavy atom. The van der Waals surface area contributed by atoms with E-state index in [1.54, 1.807) is 7.11 Å². The highest BCUT2D eigenvalue weighted by Crippen LogP contribution is 2.30. The Labute approximate surface area is 102 Å². The molecule has 0 spiro atoms. The summed E-state index contributed by atoms with van der Waals surface area (Å²) in [5.74, 6) is 1.58. The van der Waals surface area contributed by atoms with Crippen molar-refractivity contribution in [2.75, 3.05) is 27.4 Å². The van der Waals surface area contributed by atoms with Crippen LogP contribution in [0.5, 0.6) is 11.5 Å². The summed E-state index contributed by atoms with van der Waals surface area (Å²) in [5.41, 5.74) is 1.18. The SMILES string of the molecule is CNCc1ccc(OC2CCOC2)c(OC)c1. The Kier molecular flexibility index (Phi) is 4.23. The summed E-state index contributed by atoms with van der Waals surface area (Å²) in [5, 5.41) is 3.11. The number of benzene rings is 1. The summed E-state index contributed by atoms with van der Waals surface area (Å²) in [6, 6.07) is 6.01. The van der Waals surface area contributed by atoms with E-state index >= 15 is 0 Å². The molecule has 1 atom stereocenters. The van der Waals surface area contributed by atoms with Crippen LogP contribution < -0.4 is 14.8 Å². The molecule has 1 saturated heterocycles. The van der Waals surface area contributed by atoms with Gasteiger partial charge in [-0.1, -0.05) is 6.07 Å². The zero-order chi connectivity index (χ0) is 12.1. The second-order valence-corrected chi connectivity index (χ2v) is 4.12. The van der Waals surface area contributed by atoms with Crippen molar-refractivity contribution in [3.05, 3.63) is 23.8 Å². The average Bonchev–Trinajstić information content (AvgIpc) is 2.84. The summed E-state index contributed by atoms with van der Waals surface area (Å²) in [7, 11) is 3.59. The Morgan fingerprint density at radius 2 is 2.29 bits per heavy atom. The van der Waals surface area contributed by atoms with Crippen LogP contribution in [-0.2, 0) is 11.3 Å². The maximum absolute atomic E-state index is 5.86. The molecule has 1 N–H and O–H groups in total. The van der Waals surface area contributed by atoms with Gasteiger partial charge >= 0.3 is 0 Å². The molecule has 0 amide bonds. The van der Waals surface area contributed by atoms with Crippen LogP contribution in [0.3, 0.4) is 0 Å². The molecule has 1 unspecified atom stereocenters. The lowest BCUT2D eigenvalue weighted by Crippen LogP contribution is -2.16. The molecule has 1 aromatic rings. The van der Waals surface area contributed by atoms with E-state index in [1.807, 2.05) is 25.2 Å². The fraction of sp³-hybridized carbons (Fsp3) is 0.538. The molecular weight excluding hydrogens is 218 g/mol. The second kappa shape index (κ2) is 5.89. The van der Waals surface area contributed by atoms with Crippen molar-refractivity contribution in [2.45, 2.75) is 19.1 Å². The first-order valence-electron chi connectivity index (χ1n) is 5.89. The van der Waals surface area contributed by atoms with Gasteiger partial charge in [-0.2, -0.15) is 0 Å². The maximum atomic E-state index is 5.86. The number of hydrogen-bond donors (Lipinski definition) is 1. The minimum absolute atomic E-state index is 0.152. The zero-order valence-corrected chi connectivity index (χ0v) is 10.4. The van der Waals surface area contributed by atoms with Gasteiger partial charge in [0.05, 0.1) is 20.3 Å². The van der Waals surface area contributed by atoms with Crippen LogP contribution in [0.2, 0.25) is 0 Å². The van der Waals surface area contributed by atoms with Crippen molar-refractivity contribution >= 4 is 0 Å². The Hall–Kier alpha value is -1.26. The van der Waals surface area contributed by atoms with Gasteiger partial charge in [0, 0.05) is 13.0 Å². The Balaban J connectivity index is 2.09. The van der Waals surface area contributed by atoms with E-state index in [0.29, 0.717) is 6.61 Å². The summed E-state index contributed by atoms with van der Waals surface area (Å²) >= 11 is 0. The van der Waals surface area contributed by atoms with Gasteiger partial charge in [-0.25, -0.2) is 0 Å². The first-order valence-corrected chi connectivity index (χ1v) is 5.89. The van der Waals surface area contributed by atoms with E-state index in [9.17, 15) is 0 Å². The van der Waals surface area contributed by atoms with Crippen LogP contribution in [0.4, 0.5) is 0 Å². The smallest absolute Gasteiger partial charge is 0.161 e. The third-order valence-corrected chi connectivity index (χ3v) is 2.79. The Morgan fingerprint density at radius 3 is 2.94 bits per heavy atom. The molecule has 1 aliphatic heterocycles. The molecule has 0 radical (unpaired) electrons. The van der Waals surface area contributed by atoms with Gasteiger partial charge in [0.1, 0.15) is 6.10 Å². The molecule has 1 aliphatic rings. The molecule has 1 aromatic carbocycles. The van der Waals surface area contributed by atoms with Crippen molar-refractivity contribution in [1.29, 1.82) is 0 Å². The van der Waals surface area contributed by atoms with E-state index in [0.717, 1.165) is 31.1 Å². The third kappa shape index (κ3) is 3.11. The molecule has 0 saturated carbocycles. The highest BCUT2D eigenvalue weighted by Gasteiger charge is 2.18. The number of methoxy groups -OCH3 is 1. The molecular formula is C13H19NO3. The second-order valence-electron chi connectivity index (χ2n) is 4.12. The van der Waals surface area contributed by atoms with E-state index in [1.165, 1.54) is 5.56 Å². The maximum Gasteiger partial charge on any atom is 0.161 e. The quantitative estimate of drug-likeness (QED) is 0.844. The van der Waals surface area contributed by atoms with E-state index in [2.05, 4.69) is 5.32 Å². The summed E-state index contributed by atoms with van der Waals surface area (Å²) in [6.07, 6.45) is 1.10. The molecule has 4 nitrogen and oxygen atoms in total. The van der Waals surface area contributed by atoms with Crippen LogP contribution in [0, 0.1) is 0 Å². The fourth-order valence-electron chi connectivity index (χ4n) is 1.91. The molecule has 17 heavy (non-hydrogen) atoms. The van der Waals surface area contributed by atoms with Gasteiger partial charge in [0.15, 0.2) is 11.5 Å². The first kappa shape index (κ1) is 12.2. The molecule has 4 heteroatoms. The lowest BCUT2D eigenvalue weighted by molar-refractivity contribution is 0.138. The van der Waals surface area contributed by atoms with Crippen LogP contribution in [0.15, 0.2) is 18.2 Å². The van der Waals surface area contributed by atoms with Crippen LogP contribution >= 0.6 is 0 Å². The number of rotatable bonds is 5. The van der Waals surface area contributed by atoms with Crippen molar-refractivity contribution in [1.82, 2.24) is 5.32 Å². The van der Waals surface area contributed by atoms with E-state index < -0.39 is 0 Å². The first-order chi connectivity index (χ1) is 8.33. The van der Waals surface area contributed by atoms with Crippen LogP contribution in [0.1, 0.15) is 12.0 Å². The van der Waals surface area contributed by atoms with Crippen molar-refractivity contribution in [2.24, 2.45) is 0 Å². The molecule has 0 bridgehead atoms. The number of ether oxygens (including phenoxy) is 3. The van der Waals surface area contributed by atoms with Gasteiger partial charge < -0.3 is 19.5 Å². The zero-order valence-electron chi connectivity index (χ0n) is 10.4. The van der Waals surface area contributed by atoms with E-state index in [-0.39, 0.29) is 6.10 Å². The standard InChI is InChI=1S/C13H19NO3/c1-14-8-10-3-4-12(13(7-10)15-2)17-11-5-6-16-9-11/h3-4,7,11,14H,5-6,8-9H2,1-2H3. The van der Waals surface area contributed by atoms with Gasteiger partial charge in [-0.15, -0.1) is 0 Å². The number of nitrogens with one attached hydrogen (secondary N) is 1. The normalized spacial score (nSPS) is 19.3. The van der Waals surface area contributed by atoms with Crippen molar-refractivity contribution < 1.29 is 14.2 Å². The minimum atomic E-state index is 0.152. The number of hydrogen-bond acceptors (Lipinski definition) is 4. The van der Waals surface area contributed by atoms with Crippen LogP contribution in [0.25, 0.3) is 0 Å². The predicted octanol–water partition coefficient (Wildman–Crippen LogP) is 1.58. The third-order valence-electron chi connectivity index (χ3n) is 2.79. The Bertz CT molecular complexity index is 362. The minimum Gasteiger partial charge on any atom is -0.493 e. The lowest BCUT2D eigenvalue weighted by Gasteiger charge is -2.15. The summed E-state index contributed by atoms with van der Waals surface area (Å²) in [4.78, 5) is 0. The molecule has 1 fully saturated rings. The van der Waals surface area contributed by atoms with Gasteiger partial charge in [-0.05, 0) is 24.7 Å². The highest BCUT2D eigenvalue weighted by molar-refractivity contribution is 5.43. The molecule has 0 aliphatic carbocycles. The fourth-order valence-corrected chi connectivity index (χ4v) is 1.91. The average molecular weight is 237 g/mol. The molecule has 1 heterocycles. The van der Waals surface area contributed by atoms with Crippen molar-refractivity contribution in [3.8, 4) is 11.5 Å². The lowest BCUT2D eigenvalue weighted by atomic mass is 10.2. The molecule has 2 rings (SSSR count). The summed E-state index contributed by atoms with van der Waals surface area (Å²) in [6.45, 7) is 2.27. The summed E-state index contributed by atoms with van der Waals surface area (Å²) < 4.78 is 16.5. The monoisotopic (exact) mass is 237 g/mol. The highest BCUT2D eigenvalue weighted by atomic mass is 16.6. The van der Waals surface area contributed by atoms with E-state index in [4.69, 9.17) is 14.2 Å². The van der Waals surface area contributed by atoms with Gasteiger partial charge in [0.25, 0.3) is 0 Å². The molecule has 0 aromatic heterocycles. The predicted molar refractivity (Wildman–Crippen MR) is 65.6 cm³/mol. The molecule has 94 valence electrons. The van der Waals surface area contributed by atoms with Crippen molar-refractivity contribution in [3.63, 3.8) is 0 Å². The van der Waals surface area contributed by atoms with Crippen LogP contribution in [-0.4, -0.2) is 33.5 Å². The van der Waals surface area contributed by atoms with Gasteiger partial charge in [-0.3, -0.25) is 0 Å². The topological polar surface area (TPSA) is 39.7 Å². The van der Waals surface area contributed by atoms with Gasteiger partial charge in [0.2, 0.25) is 0 Å².